The zero-order valence-electron chi connectivity index (χ0n) is 10.00. The summed E-state index contributed by atoms with van der Waals surface area (Å²) >= 11 is 5.16. The van der Waals surface area contributed by atoms with Crippen molar-refractivity contribution in [1.29, 1.82) is 0 Å². The third-order valence-corrected chi connectivity index (χ3v) is 3.76. The quantitative estimate of drug-likeness (QED) is 0.751. The van der Waals surface area contributed by atoms with Crippen molar-refractivity contribution in [2.45, 2.75) is 51.6 Å². The van der Waals surface area contributed by atoms with Crippen molar-refractivity contribution in [3.05, 3.63) is 26.4 Å². The summed E-state index contributed by atoms with van der Waals surface area (Å²) in [5, 5.41) is 0. The van der Waals surface area contributed by atoms with Gasteiger partial charge in [-0.2, -0.15) is 0 Å². The van der Waals surface area contributed by atoms with Gasteiger partial charge in [-0.15, -0.1) is 0 Å². The summed E-state index contributed by atoms with van der Waals surface area (Å²) in [6.45, 7) is 0.345. The molecule has 5 heteroatoms. The molecule has 0 saturated heterocycles. The number of nitrogens with zero attached hydrogens (tertiary/aromatic N) is 1. The van der Waals surface area contributed by atoms with Crippen LogP contribution in [0.1, 0.15) is 43.4 Å². The minimum absolute atomic E-state index is 0.0170. The van der Waals surface area contributed by atoms with Gasteiger partial charge in [0.15, 0.2) is 4.77 Å². The van der Waals surface area contributed by atoms with Gasteiger partial charge < -0.3 is 10.3 Å². The number of rotatable bonds is 1. The summed E-state index contributed by atoms with van der Waals surface area (Å²) in [5.74, 6) is 0. The van der Waals surface area contributed by atoms with Crippen LogP contribution in [-0.2, 0) is 19.5 Å². The molecule has 0 aromatic carbocycles. The van der Waals surface area contributed by atoms with E-state index in [1.807, 2.05) is 4.57 Å². The van der Waals surface area contributed by atoms with Crippen molar-refractivity contribution in [3.63, 3.8) is 0 Å². The van der Waals surface area contributed by atoms with Gasteiger partial charge in [0.05, 0.1) is 6.67 Å². The third kappa shape index (κ3) is 2.66. The lowest BCUT2D eigenvalue weighted by atomic mass is 10.1. The van der Waals surface area contributed by atoms with E-state index in [1.165, 1.54) is 19.3 Å². The van der Waals surface area contributed by atoms with E-state index in [4.69, 9.17) is 18.0 Å². The molecular weight excluding hydrogens is 234 g/mol. The van der Waals surface area contributed by atoms with Gasteiger partial charge in [-0.25, -0.2) is 0 Å². The van der Waals surface area contributed by atoms with Crippen LogP contribution in [0.2, 0.25) is 0 Å². The number of hydrogen-bond donors (Lipinski definition) is 2. The highest BCUT2D eigenvalue weighted by Crippen LogP contribution is 2.17. The molecule has 0 unspecified atom stereocenters. The molecule has 2 rings (SSSR count). The Morgan fingerprint density at radius 2 is 1.82 bits per heavy atom. The predicted molar refractivity (Wildman–Crippen MR) is 70.6 cm³/mol. The summed E-state index contributed by atoms with van der Waals surface area (Å²) in [6, 6.07) is 0. The second kappa shape index (κ2) is 5.60. The molecule has 1 aromatic rings. The Labute approximate surface area is 106 Å². The van der Waals surface area contributed by atoms with Crippen LogP contribution in [0, 0.1) is 4.77 Å². The van der Waals surface area contributed by atoms with Crippen LogP contribution in [0.3, 0.4) is 0 Å². The molecule has 94 valence electrons. The molecule has 4 nitrogen and oxygen atoms in total. The minimum Gasteiger partial charge on any atom is -0.314 e. The highest BCUT2D eigenvalue weighted by Gasteiger charge is 2.13. The Bertz CT molecular complexity index is 503. The number of fused-ring (bicyclic) bond motifs is 1. The summed E-state index contributed by atoms with van der Waals surface area (Å²) in [6.07, 6.45) is 7.65. The summed E-state index contributed by atoms with van der Waals surface area (Å²) in [7, 11) is 0. The van der Waals surface area contributed by atoms with Crippen molar-refractivity contribution < 1.29 is 0 Å². The largest absolute Gasteiger partial charge is 0.314 e. The van der Waals surface area contributed by atoms with E-state index in [0.717, 1.165) is 36.9 Å². The molecule has 3 N–H and O–H groups in total. The van der Waals surface area contributed by atoms with Crippen LogP contribution in [0.25, 0.3) is 0 Å². The zero-order chi connectivity index (χ0) is 12.3. The number of hydrogen-bond acceptors (Lipinski definition) is 3. The van der Waals surface area contributed by atoms with Crippen LogP contribution in [0.15, 0.2) is 4.79 Å². The smallest absolute Gasteiger partial charge is 0.255 e. The molecule has 0 saturated carbocycles. The molecule has 17 heavy (non-hydrogen) atoms. The van der Waals surface area contributed by atoms with Crippen molar-refractivity contribution in [3.8, 4) is 0 Å². The average molecular weight is 253 g/mol. The molecule has 0 radical (unpaired) electrons. The van der Waals surface area contributed by atoms with E-state index in [1.54, 1.807) is 0 Å². The Hall–Kier alpha value is -0.940. The molecule has 1 aliphatic carbocycles. The molecule has 0 spiro atoms. The summed E-state index contributed by atoms with van der Waals surface area (Å²) in [5.41, 5.74) is 7.66. The average Bonchev–Trinajstić information content (AvgIpc) is 2.41. The van der Waals surface area contributed by atoms with Gasteiger partial charge in [0.25, 0.3) is 5.56 Å². The van der Waals surface area contributed by atoms with Gasteiger partial charge in [-0.1, -0.05) is 19.3 Å². The fourth-order valence-electron chi connectivity index (χ4n) is 2.52. The highest BCUT2D eigenvalue weighted by atomic mass is 32.1. The van der Waals surface area contributed by atoms with E-state index in [2.05, 4.69) is 4.98 Å². The first kappa shape index (κ1) is 12.5. The lowest BCUT2D eigenvalue weighted by molar-refractivity contribution is 0.604. The van der Waals surface area contributed by atoms with Crippen LogP contribution < -0.4 is 11.3 Å². The number of aromatic nitrogens is 2. The van der Waals surface area contributed by atoms with E-state index >= 15 is 0 Å². The minimum atomic E-state index is -0.0170. The Morgan fingerprint density at radius 3 is 2.53 bits per heavy atom. The number of H-pyrrole nitrogens is 1. The number of nitrogens with one attached hydrogen (secondary N) is 1. The molecule has 1 heterocycles. The number of aromatic amines is 1. The van der Waals surface area contributed by atoms with Gasteiger partial charge in [-0.3, -0.25) is 9.78 Å². The van der Waals surface area contributed by atoms with Crippen LogP contribution in [0.4, 0.5) is 0 Å². The molecule has 0 aliphatic heterocycles. The second-order valence-electron chi connectivity index (χ2n) is 4.56. The van der Waals surface area contributed by atoms with Gasteiger partial charge in [-0.05, 0) is 37.9 Å². The molecule has 1 aromatic heterocycles. The van der Waals surface area contributed by atoms with Crippen LogP contribution in [-0.4, -0.2) is 9.55 Å². The maximum Gasteiger partial charge on any atom is 0.255 e. The second-order valence-corrected chi connectivity index (χ2v) is 4.95. The van der Waals surface area contributed by atoms with Gasteiger partial charge >= 0.3 is 0 Å². The maximum absolute atomic E-state index is 12.0. The zero-order valence-corrected chi connectivity index (χ0v) is 10.8. The fourth-order valence-corrected chi connectivity index (χ4v) is 2.80. The standard InChI is InChI=1S/C12H19N3OS/c13-8-15-10-7-5-3-1-2-4-6-9(10)11(16)14-12(15)17/h1-8,13H2,(H,14,16,17). The van der Waals surface area contributed by atoms with Crippen LogP contribution >= 0.6 is 12.2 Å². The third-order valence-electron chi connectivity index (χ3n) is 3.44. The van der Waals surface area contributed by atoms with Crippen molar-refractivity contribution >= 4 is 12.2 Å². The van der Waals surface area contributed by atoms with Crippen molar-refractivity contribution in [1.82, 2.24) is 9.55 Å². The first-order valence-corrected chi connectivity index (χ1v) is 6.70. The van der Waals surface area contributed by atoms with Gasteiger partial charge in [0.1, 0.15) is 0 Å². The first-order valence-electron chi connectivity index (χ1n) is 6.29. The molecule has 0 amide bonds. The van der Waals surface area contributed by atoms with Crippen molar-refractivity contribution in [2.24, 2.45) is 5.73 Å². The lowest BCUT2D eigenvalue weighted by Gasteiger charge is -2.14. The Balaban J connectivity index is 2.54. The lowest BCUT2D eigenvalue weighted by Crippen LogP contribution is -2.25. The summed E-state index contributed by atoms with van der Waals surface area (Å²) in [4.78, 5) is 14.7. The van der Waals surface area contributed by atoms with E-state index in [-0.39, 0.29) is 5.56 Å². The Kier molecular flexibility index (Phi) is 4.12. The summed E-state index contributed by atoms with van der Waals surface area (Å²) < 4.78 is 2.33. The molecule has 0 fully saturated rings. The molecule has 0 bridgehead atoms. The maximum atomic E-state index is 12.0. The monoisotopic (exact) mass is 253 g/mol. The fraction of sp³-hybridized carbons (Fsp3) is 0.667. The first-order chi connectivity index (χ1) is 8.24. The number of nitrogens with two attached hydrogens (primary N) is 1. The van der Waals surface area contributed by atoms with Gasteiger partial charge in [0.2, 0.25) is 0 Å². The predicted octanol–water partition coefficient (Wildman–Crippen LogP) is 1.87. The Morgan fingerprint density at radius 1 is 1.18 bits per heavy atom. The SMILES string of the molecule is NCn1c2c(c(=O)[nH]c1=S)CCCCCCC2. The van der Waals surface area contributed by atoms with Crippen molar-refractivity contribution in [2.75, 3.05) is 0 Å². The van der Waals surface area contributed by atoms with E-state index in [9.17, 15) is 4.79 Å². The molecular formula is C12H19N3OS. The molecule has 1 aliphatic rings. The topological polar surface area (TPSA) is 63.8 Å². The van der Waals surface area contributed by atoms with E-state index < -0.39 is 0 Å². The van der Waals surface area contributed by atoms with Gasteiger partial charge in [0, 0.05) is 11.3 Å². The highest BCUT2D eigenvalue weighted by molar-refractivity contribution is 7.71. The van der Waals surface area contributed by atoms with E-state index in [0.29, 0.717) is 11.4 Å². The van der Waals surface area contributed by atoms with Crippen LogP contribution in [0.5, 0.6) is 0 Å². The normalized spacial score (nSPS) is 16.8. The molecule has 0 atom stereocenters.